The molecule has 11 rings (SSSR count). The summed E-state index contributed by atoms with van der Waals surface area (Å²) in [5.74, 6) is 2.50. The Labute approximate surface area is 322 Å². The van der Waals surface area contributed by atoms with E-state index < -0.39 is 0 Å². The van der Waals surface area contributed by atoms with Crippen molar-refractivity contribution >= 4 is 49.6 Å². The summed E-state index contributed by atoms with van der Waals surface area (Å²) in [6.07, 6.45) is 5.60. The van der Waals surface area contributed by atoms with Crippen LogP contribution in [-0.4, -0.2) is 4.57 Å². The summed E-state index contributed by atoms with van der Waals surface area (Å²) in [4.78, 5) is 2.44. The third-order valence-electron chi connectivity index (χ3n) is 12.7. The van der Waals surface area contributed by atoms with E-state index in [1.807, 2.05) is 0 Å². The van der Waals surface area contributed by atoms with Gasteiger partial charge in [-0.05, 0) is 136 Å². The molecule has 8 aromatic carbocycles. The molecule has 2 fully saturated rings. The van der Waals surface area contributed by atoms with Gasteiger partial charge in [0.15, 0.2) is 0 Å². The molecule has 0 saturated heterocycles. The predicted octanol–water partition coefficient (Wildman–Crippen LogP) is 14.6. The maximum atomic E-state index is 2.44. The van der Waals surface area contributed by atoms with Gasteiger partial charge < -0.3 is 9.47 Å². The summed E-state index contributed by atoms with van der Waals surface area (Å²) < 4.78 is 2.40. The van der Waals surface area contributed by atoms with Gasteiger partial charge in [-0.25, -0.2) is 0 Å². The van der Waals surface area contributed by atoms with E-state index in [2.05, 4.69) is 198 Å². The van der Waals surface area contributed by atoms with Crippen LogP contribution in [0.15, 0.2) is 188 Å². The minimum atomic E-state index is 0.709. The number of hydrogen-bond donors (Lipinski definition) is 0. The Morgan fingerprint density at radius 2 is 1.05 bits per heavy atom. The molecule has 0 radical (unpaired) electrons. The first kappa shape index (κ1) is 32.1. The largest absolute Gasteiger partial charge is 0.310 e. The lowest BCUT2D eigenvalue weighted by molar-refractivity contribution is 0.420. The average molecular weight is 707 g/mol. The summed E-state index contributed by atoms with van der Waals surface area (Å²) in [7, 11) is 0. The normalized spacial score (nSPS) is 17.7. The zero-order valence-electron chi connectivity index (χ0n) is 30.9. The molecule has 0 amide bonds. The molecule has 3 unspecified atom stereocenters. The molecule has 2 bridgehead atoms. The van der Waals surface area contributed by atoms with Crippen molar-refractivity contribution in [2.45, 2.75) is 31.6 Å². The molecule has 1 heterocycles. The molecule has 264 valence electrons. The molecule has 2 nitrogen and oxygen atoms in total. The number of fused-ring (bicyclic) bond motifs is 6. The third-order valence-corrected chi connectivity index (χ3v) is 12.7. The zero-order chi connectivity index (χ0) is 36.3. The predicted molar refractivity (Wildman–Crippen MR) is 232 cm³/mol. The van der Waals surface area contributed by atoms with Crippen LogP contribution in [0.2, 0.25) is 0 Å². The number of para-hydroxylation sites is 2. The van der Waals surface area contributed by atoms with Crippen LogP contribution in [0.25, 0.3) is 60.5 Å². The van der Waals surface area contributed by atoms with E-state index in [9.17, 15) is 0 Å². The number of anilines is 3. The maximum Gasteiger partial charge on any atom is 0.0541 e. The lowest BCUT2D eigenvalue weighted by Crippen LogP contribution is -2.12. The number of hydrogen-bond acceptors (Lipinski definition) is 1. The second-order valence-corrected chi connectivity index (χ2v) is 15.7. The van der Waals surface area contributed by atoms with E-state index in [1.165, 1.54) is 91.8 Å². The fourth-order valence-electron chi connectivity index (χ4n) is 10.2. The molecular weight excluding hydrogens is 665 g/mol. The molecule has 1 aromatic heterocycles. The van der Waals surface area contributed by atoms with Crippen LogP contribution >= 0.6 is 0 Å². The highest BCUT2D eigenvalue weighted by Gasteiger charge is 2.40. The van der Waals surface area contributed by atoms with Gasteiger partial charge >= 0.3 is 0 Å². The van der Waals surface area contributed by atoms with Crippen LogP contribution < -0.4 is 4.90 Å². The zero-order valence-corrected chi connectivity index (χ0v) is 30.9. The van der Waals surface area contributed by atoms with Crippen LogP contribution in [0.4, 0.5) is 17.1 Å². The smallest absolute Gasteiger partial charge is 0.0541 e. The van der Waals surface area contributed by atoms with Gasteiger partial charge in [-0.2, -0.15) is 0 Å². The summed E-state index contributed by atoms with van der Waals surface area (Å²) in [5, 5.41) is 5.09. The standard InChI is InChI=1S/C53H42N2/c1-2-11-37(12-3-1)46-19-9-13-39-14-10-20-47(53(39)46)40-15-8-16-45(35-40)54(42-27-25-38(26-28-42)50-34-36-23-24-41(50)33-36)43-29-31-44(32-30-43)55-51-21-6-4-17-48(51)49-18-5-7-22-52(49)55/h1-22,25-32,35-36,41,50H,23-24,33-34H2. The highest BCUT2D eigenvalue weighted by atomic mass is 15.1. The van der Waals surface area contributed by atoms with Crippen molar-refractivity contribution < 1.29 is 0 Å². The fraction of sp³-hybridized carbons (Fsp3) is 0.132. The van der Waals surface area contributed by atoms with Crippen LogP contribution in [0.5, 0.6) is 0 Å². The van der Waals surface area contributed by atoms with Gasteiger partial charge in [-0.15, -0.1) is 0 Å². The quantitative estimate of drug-likeness (QED) is 0.160. The molecule has 55 heavy (non-hydrogen) atoms. The van der Waals surface area contributed by atoms with E-state index in [-0.39, 0.29) is 0 Å². The van der Waals surface area contributed by atoms with Gasteiger partial charge in [0.25, 0.3) is 0 Å². The van der Waals surface area contributed by atoms with Crippen LogP contribution in [0.1, 0.15) is 37.2 Å². The van der Waals surface area contributed by atoms with Gasteiger partial charge in [0.05, 0.1) is 11.0 Å². The van der Waals surface area contributed by atoms with Crippen molar-refractivity contribution in [3.63, 3.8) is 0 Å². The van der Waals surface area contributed by atoms with E-state index in [0.29, 0.717) is 5.92 Å². The Morgan fingerprint density at radius 1 is 0.455 bits per heavy atom. The van der Waals surface area contributed by atoms with Gasteiger partial charge in [0, 0.05) is 33.5 Å². The van der Waals surface area contributed by atoms with Crippen LogP contribution in [0.3, 0.4) is 0 Å². The Kier molecular flexibility index (Phi) is 7.69. The number of nitrogens with zero attached hydrogens (tertiary/aromatic N) is 2. The SMILES string of the molecule is c1ccc(-c2cccc3cccc(-c4cccc(N(c5ccc(C6CC7CCC6C7)cc5)c5ccc(-n6c7ccccc7c7ccccc76)cc5)c4)c23)cc1. The molecule has 3 atom stereocenters. The summed E-state index contributed by atoms with van der Waals surface area (Å²) in [5.41, 5.74) is 13.5. The molecule has 0 N–H and O–H groups in total. The highest BCUT2D eigenvalue weighted by Crippen LogP contribution is 2.53. The molecule has 0 spiro atoms. The second kappa shape index (κ2) is 13.2. The Bertz CT molecular complexity index is 2770. The summed E-state index contributed by atoms with van der Waals surface area (Å²) >= 11 is 0. The first-order valence-electron chi connectivity index (χ1n) is 19.9. The van der Waals surface area contributed by atoms with E-state index >= 15 is 0 Å². The molecule has 2 aliphatic carbocycles. The van der Waals surface area contributed by atoms with Crippen LogP contribution in [0, 0.1) is 11.8 Å². The van der Waals surface area contributed by atoms with E-state index in [1.54, 1.807) is 0 Å². The number of aromatic nitrogens is 1. The summed E-state index contributed by atoms with van der Waals surface area (Å²) in [6.45, 7) is 0. The topological polar surface area (TPSA) is 8.17 Å². The van der Waals surface area contributed by atoms with Crippen molar-refractivity contribution in [2.24, 2.45) is 11.8 Å². The van der Waals surface area contributed by atoms with Crippen molar-refractivity contribution in [1.82, 2.24) is 4.57 Å². The maximum absolute atomic E-state index is 2.44. The van der Waals surface area contributed by atoms with Crippen molar-refractivity contribution in [3.8, 4) is 27.9 Å². The number of benzene rings is 8. The molecule has 2 saturated carbocycles. The molecule has 0 aliphatic heterocycles. The Hall–Kier alpha value is -6.38. The van der Waals surface area contributed by atoms with Crippen molar-refractivity contribution in [3.05, 3.63) is 194 Å². The molecule has 2 aliphatic rings. The lowest BCUT2D eigenvalue weighted by Gasteiger charge is -2.28. The third kappa shape index (κ3) is 5.47. The van der Waals surface area contributed by atoms with E-state index in [0.717, 1.165) is 28.9 Å². The second-order valence-electron chi connectivity index (χ2n) is 15.7. The summed E-state index contributed by atoms with van der Waals surface area (Å²) in [6, 6.07) is 69.5. The van der Waals surface area contributed by atoms with Gasteiger partial charge in [-0.1, -0.05) is 134 Å². The number of rotatable bonds is 7. The Morgan fingerprint density at radius 3 is 1.71 bits per heavy atom. The van der Waals surface area contributed by atoms with Crippen molar-refractivity contribution in [1.29, 1.82) is 0 Å². The monoisotopic (exact) mass is 706 g/mol. The first-order valence-corrected chi connectivity index (χ1v) is 19.9. The van der Waals surface area contributed by atoms with E-state index in [4.69, 9.17) is 0 Å². The van der Waals surface area contributed by atoms with Gasteiger partial charge in [0.1, 0.15) is 0 Å². The van der Waals surface area contributed by atoms with Gasteiger partial charge in [0.2, 0.25) is 0 Å². The molecular formula is C53H42N2. The lowest BCUT2D eigenvalue weighted by atomic mass is 9.83. The fourth-order valence-corrected chi connectivity index (χ4v) is 10.2. The van der Waals surface area contributed by atoms with Crippen LogP contribution in [-0.2, 0) is 0 Å². The van der Waals surface area contributed by atoms with Gasteiger partial charge in [-0.3, -0.25) is 0 Å². The highest BCUT2D eigenvalue weighted by molar-refractivity contribution is 6.09. The molecule has 2 heteroatoms. The van der Waals surface area contributed by atoms with Crippen molar-refractivity contribution in [2.75, 3.05) is 4.90 Å². The minimum absolute atomic E-state index is 0.709. The molecule has 9 aromatic rings. The Balaban J connectivity index is 1.04. The first-order chi connectivity index (χ1) is 27.3. The minimum Gasteiger partial charge on any atom is -0.310 e. The average Bonchev–Trinajstić information content (AvgIpc) is 3.99.